The van der Waals surface area contributed by atoms with Crippen molar-refractivity contribution < 1.29 is 14.3 Å². The van der Waals surface area contributed by atoms with Crippen LogP contribution in [0.2, 0.25) is 5.02 Å². The minimum atomic E-state index is -0.645. The third-order valence-corrected chi connectivity index (χ3v) is 5.24. The third-order valence-electron chi connectivity index (χ3n) is 4.96. The summed E-state index contributed by atoms with van der Waals surface area (Å²) in [7, 11) is 0. The van der Waals surface area contributed by atoms with E-state index < -0.39 is 11.7 Å². The summed E-state index contributed by atoms with van der Waals surface area (Å²) < 4.78 is 13.4. The maximum Gasteiger partial charge on any atom is 0.255 e. The molecule has 0 radical (unpaired) electrons. The van der Waals surface area contributed by atoms with Crippen LogP contribution < -0.4 is 11.1 Å². The average Bonchev–Trinajstić information content (AvgIpc) is 2.44. The number of hydrogen-bond donors (Lipinski definition) is 3. The number of phenolic OH excluding ortho intramolecular Hbond substituents is 1. The van der Waals surface area contributed by atoms with Crippen LogP contribution in [0.15, 0.2) is 12.1 Å². The molecule has 0 heterocycles. The molecule has 7 heteroatoms. The van der Waals surface area contributed by atoms with Gasteiger partial charge in [-0.3, -0.25) is 4.79 Å². The largest absolute Gasteiger partial charge is 0.506 e. The van der Waals surface area contributed by atoms with Crippen molar-refractivity contribution in [1.29, 1.82) is 0 Å². The van der Waals surface area contributed by atoms with Crippen molar-refractivity contribution in [2.75, 3.05) is 0 Å². The number of amides is 1. The lowest BCUT2D eigenvalue weighted by molar-refractivity contribution is 0.0626. The minimum Gasteiger partial charge on any atom is -0.506 e. The van der Waals surface area contributed by atoms with Gasteiger partial charge in [-0.1, -0.05) is 11.6 Å². The van der Waals surface area contributed by atoms with Crippen LogP contribution in [0.25, 0.3) is 0 Å². The number of halogens is 3. The van der Waals surface area contributed by atoms with E-state index in [9.17, 15) is 14.3 Å². The summed E-state index contributed by atoms with van der Waals surface area (Å²) in [6.45, 7) is 0. The molecule has 1 aromatic carbocycles. The van der Waals surface area contributed by atoms with E-state index in [0.29, 0.717) is 0 Å². The summed E-state index contributed by atoms with van der Waals surface area (Å²) in [5.74, 6) is -1.51. The number of hydrogen-bond acceptors (Lipinski definition) is 3. The molecule has 4 nitrogen and oxygen atoms in total. The van der Waals surface area contributed by atoms with Gasteiger partial charge in [-0.15, -0.1) is 12.4 Å². The van der Waals surface area contributed by atoms with Crippen molar-refractivity contribution in [3.63, 3.8) is 0 Å². The summed E-state index contributed by atoms with van der Waals surface area (Å²) in [4.78, 5) is 12.4. The lowest BCUT2D eigenvalue weighted by Crippen LogP contribution is -2.61. The highest BCUT2D eigenvalue weighted by Crippen LogP contribution is 2.45. The monoisotopic (exact) mass is 348 g/mol. The number of fused-ring (bicyclic) bond motifs is 3. The van der Waals surface area contributed by atoms with E-state index in [0.717, 1.165) is 50.7 Å². The molecule has 22 heavy (non-hydrogen) atoms. The molecule has 1 aromatic rings. The molecule has 3 saturated carbocycles. The fourth-order valence-electron chi connectivity index (χ4n) is 3.45. The smallest absolute Gasteiger partial charge is 0.255 e. The number of benzene rings is 1. The molecule has 3 aliphatic carbocycles. The van der Waals surface area contributed by atoms with E-state index in [2.05, 4.69) is 5.32 Å². The predicted molar refractivity (Wildman–Crippen MR) is 85.1 cm³/mol. The number of carbonyl (C=O) groups is 1. The summed E-state index contributed by atoms with van der Waals surface area (Å²) in [5, 5.41) is 12.7. The quantitative estimate of drug-likeness (QED) is 0.768. The van der Waals surface area contributed by atoms with Gasteiger partial charge in [-0.05, 0) is 50.7 Å². The first-order valence-corrected chi connectivity index (χ1v) is 7.50. The van der Waals surface area contributed by atoms with Crippen LogP contribution in [0.1, 0.15) is 48.9 Å². The van der Waals surface area contributed by atoms with Gasteiger partial charge in [0.05, 0.1) is 10.6 Å². The first-order chi connectivity index (χ1) is 9.83. The second kappa shape index (κ2) is 5.87. The molecule has 3 aliphatic rings. The molecule has 2 bridgehead atoms. The Morgan fingerprint density at radius 2 is 1.77 bits per heavy atom. The molecule has 1 amide bonds. The molecule has 4 rings (SSSR count). The van der Waals surface area contributed by atoms with Crippen LogP contribution in [0, 0.1) is 5.82 Å². The lowest BCUT2D eigenvalue weighted by Gasteiger charge is -2.52. The number of carbonyl (C=O) groups excluding carboxylic acids is 1. The molecular formula is C15H19Cl2FN2O2. The molecule has 0 aliphatic heterocycles. The van der Waals surface area contributed by atoms with Crippen LogP contribution >= 0.6 is 24.0 Å². The Labute approximate surface area is 139 Å². The summed E-state index contributed by atoms with van der Waals surface area (Å²) in [6.07, 6.45) is 5.09. The van der Waals surface area contributed by atoms with Crippen LogP contribution in [0.3, 0.4) is 0 Å². The summed E-state index contributed by atoms with van der Waals surface area (Å²) in [6, 6.07) is 1.99. The zero-order chi connectivity index (χ0) is 15.3. The first-order valence-electron chi connectivity index (χ1n) is 7.12. The highest BCUT2D eigenvalue weighted by Gasteiger charge is 2.47. The molecule has 0 saturated heterocycles. The summed E-state index contributed by atoms with van der Waals surface area (Å²) in [5.41, 5.74) is 5.75. The highest BCUT2D eigenvalue weighted by atomic mass is 35.5. The van der Waals surface area contributed by atoms with E-state index in [-0.39, 0.29) is 39.8 Å². The Morgan fingerprint density at radius 1 is 1.23 bits per heavy atom. The Hall–Kier alpha value is -1.04. The second-order valence-corrected chi connectivity index (χ2v) is 6.79. The molecule has 4 N–H and O–H groups in total. The number of phenols is 1. The first kappa shape index (κ1) is 17.3. The third kappa shape index (κ3) is 3.03. The molecule has 0 unspecified atom stereocenters. The molecular weight excluding hydrogens is 330 g/mol. The fraction of sp³-hybridized carbons (Fsp3) is 0.533. The van der Waals surface area contributed by atoms with Crippen molar-refractivity contribution in [3.8, 4) is 5.75 Å². The molecule has 0 atom stereocenters. The van der Waals surface area contributed by atoms with Gasteiger partial charge < -0.3 is 16.2 Å². The zero-order valence-electron chi connectivity index (χ0n) is 12.0. The van der Waals surface area contributed by atoms with E-state index >= 15 is 0 Å². The van der Waals surface area contributed by atoms with Crippen molar-refractivity contribution in [2.45, 2.75) is 49.6 Å². The lowest BCUT2D eigenvalue weighted by atomic mass is 9.62. The van der Waals surface area contributed by atoms with Gasteiger partial charge in [0, 0.05) is 11.1 Å². The second-order valence-electron chi connectivity index (χ2n) is 6.38. The zero-order valence-corrected chi connectivity index (χ0v) is 13.6. The Kier molecular flexibility index (Phi) is 4.62. The topological polar surface area (TPSA) is 75.3 Å². The van der Waals surface area contributed by atoms with E-state index in [1.54, 1.807) is 0 Å². The van der Waals surface area contributed by atoms with Crippen LogP contribution in [-0.4, -0.2) is 22.1 Å². The van der Waals surface area contributed by atoms with Gasteiger partial charge in [-0.25, -0.2) is 4.39 Å². The molecule has 0 spiro atoms. The number of nitrogens with one attached hydrogen (secondary N) is 1. The number of rotatable bonds is 2. The summed E-state index contributed by atoms with van der Waals surface area (Å²) >= 11 is 5.71. The molecule has 122 valence electrons. The Balaban J connectivity index is 0.00000176. The van der Waals surface area contributed by atoms with Crippen LogP contribution in [-0.2, 0) is 0 Å². The Bertz CT molecular complexity index is 585. The van der Waals surface area contributed by atoms with Gasteiger partial charge in [0.1, 0.15) is 11.6 Å². The van der Waals surface area contributed by atoms with Gasteiger partial charge in [0.15, 0.2) is 0 Å². The number of nitrogens with two attached hydrogens (primary N) is 1. The van der Waals surface area contributed by atoms with Gasteiger partial charge in [0.25, 0.3) is 5.91 Å². The van der Waals surface area contributed by atoms with Gasteiger partial charge in [0.2, 0.25) is 0 Å². The van der Waals surface area contributed by atoms with Gasteiger partial charge >= 0.3 is 0 Å². The molecule has 0 aromatic heterocycles. The van der Waals surface area contributed by atoms with Crippen molar-refractivity contribution in [2.24, 2.45) is 5.73 Å². The van der Waals surface area contributed by atoms with E-state index in [1.807, 2.05) is 0 Å². The standard InChI is InChI=1S/C15H18ClFN2O2.ClH/c16-11-8-9(17)7-10(12(11)20)13(21)19-15-4-1-14(18,2-5-15)3-6-15;/h7-8,20H,1-6,18H2,(H,19,21);1H. The SMILES string of the molecule is Cl.NC12CCC(NC(=O)c3cc(F)cc(Cl)c3O)(CC1)CC2. The Morgan fingerprint density at radius 3 is 2.32 bits per heavy atom. The van der Waals surface area contributed by atoms with E-state index in [4.69, 9.17) is 17.3 Å². The van der Waals surface area contributed by atoms with Crippen molar-refractivity contribution in [3.05, 3.63) is 28.5 Å². The maximum atomic E-state index is 13.4. The minimum absolute atomic E-state index is 0. The van der Waals surface area contributed by atoms with Crippen LogP contribution in [0.4, 0.5) is 4.39 Å². The average molecular weight is 349 g/mol. The fourth-order valence-corrected chi connectivity index (χ4v) is 3.66. The van der Waals surface area contributed by atoms with Crippen molar-refractivity contribution >= 4 is 29.9 Å². The molecule has 3 fully saturated rings. The predicted octanol–water partition coefficient (Wildman–Crippen LogP) is 3.14. The van der Waals surface area contributed by atoms with Gasteiger partial charge in [-0.2, -0.15) is 0 Å². The normalized spacial score (nSPS) is 29.8. The maximum absolute atomic E-state index is 13.4. The van der Waals surface area contributed by atoms with Crippen molar-refractivity contribution in [1.82, 2.24) is 5.32 Å². The van der Waals surface area contributed by atoms with E-state index in [1.165, 1.54) is 0 Å². The number of aromatic hydroxyl groups is 1. The van der Waals surface area contributed by atoms with Crippen LogP contribution in [0.5, 0.6) is 5.75 Å². The highest BCUT2D eigenvalue weighted by molar-refractivity contribution is 6.32.